The van der Waals surface area contributed by atoms with Crippen LogP contribution in [0.4, 0.5) is 5.00 Å². The summed E-state index contributed by atoms with van der Waals surface area (Å²) in [7, 11) is 0. The van der Waals surface area contributed by atoms with Gasteiger partial charge in [-0.1, -0.05) is 23.7 Å². The molecule has 0 radical (unpaired) electrons. The van der Waals surface area contributed by atoms with Crippen LogP contribution in [0.5, 0.6) is 0 Å². The molecule has 8 heteroatoms. The number of nitrogens with one attached hydrogen (secondary N) is 1. The molecule has 30 heavy (non-hydrogen) atoms. The predicted molar refractivity (Wildman–Crippen MR) is 121 cm³/mol. The molecule has 0 bridgehead atoms. The van der Waals surface area contributed by atoms with Crippen molar-refractivity contribution in [2.75, 3.05) is 38.0 Å². The van der Waals surface area contributed by atoms with E-state index in [2.05, 4.69) is 21.2 Å². The lowest BCUT2D eigenvalue weighted by Crippen LogP contribution is -2.48. The summed E-state index contributed by atoms with van der Waals surface area (Å²) in [6.07, 6.45) is 4.02. The highest BCUT2D eigenvalue weighted by atomic mass is 35.5. The maximum Gasteiger partial charge on any atom is 0.251 e. The highest BCUT2D eigenvalue weighted by molar-refractivity contribution is 7.17. The van der Waals surface area contributed by atoms with Crippen molar-refractivity contribution in [3.63, 3.8) is 0 Å². The molecule has 0 spiro atoms. The predicted octanol–water partition coefficient (Wildman–Crippen LogP) is 3.14. The number of fused-ring (bicyclic) bond motifs is 1. The monoisotopic (exact) mass is 446 g/mol. The Kier molecular flexibility index (Phi) is 6.73. The van der Waals surface area contributed by atoms with Gasteiger partial charge in [-0.2, -0.15) is 0 Å². The third kappa shape index (κ3) is 5.03. The zero-order valence-electron chi connectivity index (χ0n) is 17.0. The van der Waals surface area contributed by atoms with Crippen molar-refractivity contribution in [1.82, 2.24) is 9.80 Å². The fraction of sp³-hybridized carbons (Fsp3) is 0.455. The Hall–Kier alpha value is -1.93. The summed E-state index contributed by atoms with van der Waals surface area (Å²) < 4.78 is 0. The Morgan fingerprint density at radius 1 is 1.10 bits per heavy atom. The zero-order chi connectivity index (χ0) is 21.1. The van der Waals surface area contributed by atoms with E-state index in [9.17, 15) is 9.59 Å². The summed E-state index contributed by atoms with van der Waals surface area (Å²) in [5.74, 6) is -0.529. The number of nitrogens with zero attached hydrogens (tertiary/aromatic N) is 2. The SMILES string of the molecule is NC(=O)c1c(NC(=O)CN2CCN(Cc3cccc(Cl)c3)CC2)sc2c1CCCC2. The number of carbonyl (C=O) groups excluding carboxylic acids is 2. The molecule has 0 saturated carbocycles. The van der Waals surface area contributed by atoms with Crippen LogP contribution >= 0.6 is 22.9 Å². The second kappa shape index (κ2) is 9.47. The normalized spacial score (nSPS) is 17.5. The minimum absolute atomic E-state index is 0.0839. The molecule has 0 atom stereocenters. The van der Waals surface area contributed by atoms with Crippen LogP contribution in [0.1, 0.15) is 39.2 Å². The average Bonchev–Trinajstić information content (AvgIpc) is 3.07. The highest BCUT2D eigenvalue weighted by Gasteiger charge is 2.26. The molecular weight excluding hydrogens is 420 g/mol. The van der Waals surface area contributed by atoms with Crippen LogP contribution in [-0.2, 0) is 24.2 Å². The number of hydrogen-bond donors (Lipinski definition) is 2. The molecular formula is C22H27ClN4O2S. The molecule has 1 saturated heterocycles. The molecule has 0 unspecified atom stereocenters. The summed E-state index contributed by atoms with van der Waals surface area (Å²) in [6.45, 7) is 4.66. The van der Waals surface area contributed by atoms with Crippen LogP contribution < -0.4 is 11.1 Å². The van der Waals surface area contributed by atoms with Gasteiger partial charge in [0, 0.05) is 42.6 Å². The van der Waals surface area contributed by atoms with Gasteiger partial charge < -0.3 is 11.1 Å². The van der Waals surface area contributed by atoms with Gasteiger partial charge in [0.1, 0.15) is 5.00 Å². The first kappa shape index (κ1) is 21.3. The van der Waals surface area contributed by atoms with Gasteiger partial charge in [0.25, 0.3) is 5.91 Å². The number of nitrogens with two attached hydrogens (primary N) is 1. The number of benzene rings is 1. The number of primary amides is 1. The number of hydrogen-bond acceptors (Lipinski definition) is 5. The van der Waals surface area contributed by atoms with Gasteiger partial charge in [-0.15, -0.1) is 11.3 Å². The Balaban J connectivity index is 1.30. The second-order valence-electron chi connectivity index (χ2n) is 8.01. The fourth-order valence-corrected chi connectivity index (χ4v) is 5.81. The van der Waals surface area contributed by atoms with E-state index in [0.29, 0.717) is 17.1 Å². The molecule has 2 amide bonds. The maximum atomic E-state index is 12.7. The van der Waals surface area contributed by atoms with Gasteiger partial charge in [-0.3, -0.25) is 19.4 Å². The molecule has 6 nitrogen and oxygen atoms in total. The summed E-state index contributed by atoms with van der Waals surface area (Å²) >= 11 is 7.59. The second-order valence-corrected chi connectivity index (χ2v) is 9.55. The number of rotatable bonds is 6. The van der Waals surface area contributed by atoms with E-state index in [1.54, 1.807) is 0 Å². The molecule has 1 aliphatic heterocycles. The third-order valence-corrected chi connectivity index (χ3v) is 7.24. The summed E-state index contributed by atoms with van der Waals surface area (Å²) in [6, 6.07) is 7.94. The van der Waals surface area contributed by atoms with Crippen molar-refractivity contribution in [3.8, 4) is 0 Å². The van der Waals surface area contributed by atoms with Crippen LogP contribution in [0.3, 0.4) is 0 Å². The minimum atomic E-state index is -0.445. The Labute approximate surface area is 186 Å². The Bertz CT molecular complexity index is 937. The molecule has 2 aromatic rings. The van der Waals surface area contributed by atoms with Crippen LogP contribution in [-0.4, -0.2) is 54.3 Å². The first-order valence-electron chi connectivity index (χ1n) is 10.4. The van der Waals surface area contributed by atoms with Crippen molar-refractivity contribution in [1.29, 1.82) is 0 Å². The molecule has 1 aromatic heterocycles. The summed E-state index contributed by atoms with van der Waals surface area (Å²) in [4.78, 5) is 30.4. The van der Waals surface area contributed by atoms with Crippen molar-refractivity contribution in [2.24, 2.45) is 5.73 Å². The lowest BCUT2D eigenvalue weighted by molar-refractivity contribution is -0.117. The number of carbonyl (C=O) groups is 2. The topological polar surface area (TPSA) is 78.7 Å². The van der Waals surface area contributed by atoms with Crippen molar-refractivity contribution in [2.45, 2.75) is 32.2 Å². The smallest absolute Gasteiger partial charge is 0.251 e. The van der Waals surface area contributed by atoms with E-state index in [4.69, 9.17) is 17.3 Å². The average molecular weight is 447 g/mol. The van der Waals surface area contributed by atoms with Crippen LogP contribution in [0.25, 0.3) is 0 Å². The molecule has 1 aromatic carbocycles. The Morgan fingerprint density at radius 3 is 2.57 bits per heavy atom. The molecule has 1 aliphatic carbocycles. The quantitative estimate of drug-likeness (QED) is 0.714. The van der Waals surface area contributed by atoms with Crippen molar-refractivity contribution < 1.29 is 9.59 Å². The number of amides is 2. The molecule has 2 aliphatic rings. The maximum absolute atomic E-state index is 12.7. The van der Waals surface area contributed by atoms with Gasteiger partial charge in [-0.05, 0) is 48.9 Å². The van der Waals surface area contributed by atoms with Gasteiger partial charge in [0.05, 0.1) is 12.1 Å². The number of anilines is 1. The van der Waals surface area contributed by atoms with E-state index in [-0.39, 0.29) is 5.91 Å². The molecule has 160 valence electrons. The lowest BCUT2D eigenvalue weighted by Gasteiger charge is -2.34. The number of aryl methyl sites for hydroxylation is 1. The van der Waals surface area contributed by atoms with Crippen LogP contribution in [0.2, 0.25) is 5.02 Å². The highest BCUT2D eigenvalue weighted by Crippen LogP contribution is 2.37. The van der Waals surface area contributed by atoms with E-state index >= 15 is 0 Å². The van der Waals surface area contributed by atoms with E-state index in [1.165, 1.54) is 21.8 Å². The summed E-state index contributed by atoms with van der Waals surface area (Å²) in [5, 5.41) is 4.34. The molecule has 2 heterocycles. The van der Waals surface area contributed by atoms with Crippen LogP contribution in [0.15, 0.2) is 24.3 Å². The zero-order valence-corrected chi connectivity index (χ0v) is 18.5. The minimum Gasteiger partial charge on any atom is -0.365 e. The number of thiophene rings is 1. The number of halogens is 1. The standard InChI is InChI=1S/C22H27ClN4O2S/c23-16-5-3-4-15(12-16)13-26-8-10-27(11-9-26)14-19(28)25-22-20(21(24)29)17-6-1-2-7-18(17)30-22/h3-5,12H,1-2,6-11,13-14H2,(H2,24,29)(H,25,28). The fourth-order valence-electron chi connectivity index (χ4n) is 4.28. The summed E-state index contributed by atoms with van der Waals surface area (Å²) in [5.41, 5.74) is 8.39. The number of piperazine rings is 1. The van der Waals surface area contributed by atoms with Gasteiger partial charge in [0.2, 0.25) is 5.91 Å². The van der Waals surface area contributed by atoms with Gasteiger partial charge in [-0.25, -0.2) is 0 Å². The largest absolute Gasteiger partial charge is 0.365 e. The first-order valence-corrected chi connectivity index (χ1v) is 11.6. The first-order chi connectivity index (χ1) is 14.5. The van der Waals surface area contributed by atoms with E-state index in [1.807, 2.05) is 18.2 Å². The van der Waals surface area contributed by atoms with Crippen molar-refractivity contribution in [3.05, 3.63) is 50.9 Å². The van der Waals surface area contributed by atoms with Crippen molar-refractivity contribution >= 4 is 39.8 Å². The van der Waals surface area contributed by atoms with E-state index in [0.717, 1.165) is 69.0 Å². The van der Waals surface area contributed by atoms with E-state index < -0.39 is 5.91 Å². The van der Waals surface area contributed by atoms with Gasteiger partial charge in [0.15, 0.2) is 0 Å². The lowest BCUT2D eigenvalue weighted by atomic mass is 9.95. The molecule has 1 fully saturated rings. The molecule has 3 N–H and O–H groups in total. The Morgan fingerprint density at radius 2 is 1.83 bits per heavy atom. The van der Waals surface area contributed by atoms with Gasteiger partial charge >= 0.3 is 0 Å². The molecule has 4 rings (SSSR count). The third-order valence-electron chi connectivity index (χ3n) is 5.80. The van der Waals surface area contributed by atoms with Crippen LogP contribution in [0, 0.1) is 0 Å².